The van der Waals surface area contributed by atoms with Crippen molar-refractivity contribution in [1.82, 2.24) is 0 Å². The molecule has 0 aromatic heterocycles. The van der Waals surface area contributed by atoms with Crippen molar-refractivity contribution in [3.63, 3.8) is 0 Å². The van der Waals surface area contributed by atoms with Crippen LogP contribution in [0.4, 0.5) is 0 Å². The third kappa shape index (κ3) is 3.05. The molecule has 0 atom stereocenters. The van der Waals surface area contributed by atoms with Gasteiger partial charge in [0.05, 0.1) is 7.11 Å². The number of hydrogen-bond acceptors (Lipinski definition) is 2. The summed E-state index contributed by atoms with van der Waals surface area (Å²) in [5.74, 6) is 1.51. The Bertz CT molecular complexity index is 524. The average molecular weight is 307 g/mol. The number of halogens is 1. The normalized spacial score (nSPS) is 10.2. The van der Waals surface area contributed by atoms with Crippen molar-refractivity contribution in [2.45, 2.75) is 13.5 Å². The summed E-state index contributed by atoms with van der Waals surface area (Å²) in [5.41, 5.74) is 2.26. The van der Waals surface area contributed by atoms with Crippen LogP contribution in [-0.4, -0.2) is 7.11 Å². The Morgan fingerprint density at radius 3 is 2.44 bits per heavy atom. The van der Waals surface area contributed by atoms with E-state index >= 15 is 0 Å². The van der Waals surface area contributed by atoms with E-state index in [4.69, 9.17) is 9.47 Å². The van der Waals surface area contributed by atoms with Gasteiger partial charge in [-0.25, -0.2) is 0 Å². The van der Waals surface area contributed by atoms with Gasteiger partial charge < -0.3 is 9.47 Å². The molecule has 0 heterocycles. The van der Waals surface area contributed by atoms with E-state index in [1.807, 2.05) is 49.4 Å². The molecular formula is C15H15BrO2. The first-order chi connectivity index (χ1) is 8.70. The van der Waals surface area contributed by atoms with Gasteiger partial charge in [0.2, 0.25) is 0 Å². The van der Waals surface area contributed by atoms with Gasteiger partial charge in [0.15, 0.2) is 11.5 Å². The highest BCUT2D eigenvalue weighted by Crippen LogP contribution is 2.33. The van der Waals surface area contributed by atoms with Gasteiger partial charge in [0.25, 0.3) is 0 Å². The van der Waals surface area contributed by atoms with Crippen LogP contribution in [0.5, 0.6) is 11.5 Å². The summed E-state index contributed by atoms with van der Waals surface area (Å²) in [5, 5.41) is 0. The summed E-state index contributed by atoms with van der Waals surface area (Å²) in [4.78, 5) is 0. The average Bonchev–Trinajstić information content (AvgIpc) is 2.41. The Kier molecular flexibility index (Phi) is 4.26. The molecule has 3 heteroatoms. The van der Waals surface area contributed by atoms with Crippen molar-refractivity contribution < 1.29 is 9.47 Å². The first-order valence-corrected chi connectivity index (χ1v) is 6.51. The number of rotatable bonds is 4. The topological polar surface area (TPSA) is 18.5 Å². The van der Waals surface area contributed by atoms with Crippen LogP contribution in [0.2, 0.25) is 0 Å². The fourth-order valence-electron chi connectivity index (χ4n) is 1.64. The fraction of sp³-hybridized carbons (Fsp3) is 0.200. The van der Waals surface area contributed by atoms with Crippen LogP contribution in [0.15, 0.2) is 46.9 Å². The van der Waals surface area contributed by atoms with E-state index in [0.29, 0.717) is 6.61 Å². The van der Waals surface area contributed by atoms with E-state index in [1.54, 1.807) is 7.11 Å². The summed E-state index contributed by atoms with van der Waals surface area (Å²) in [6.07, 6.45) is 0. The minimum Gasteiger partial charge on any atom is -0.493 e. The summed E-state index contributed by atoms with van der Waals surface area (Å²) >= 11 is 3.48. The van der Waals surface area contributed by atoms with E-state index in [-0.39, 0.29) is 0 Å². The molecule has 2 aromatic rings. The van der Waals surface area contributed by atoms with Gasteiger partial charge in [-0.2, -0.15) is 0 Å². The molecule has 18 heavy (non-hydrogen) atoms. The maximum absolute atomic E-state index is 5.80. The highest BCUT2D eigenvalue weighted by Gasteiger charge is 2.08. The second-order valence-corrected chi connectivity index (χ2v) is 4.88. The molecule has 0 spiro atoms. The van der Waals surface area contributed by atoms with Gasteiger partial charge in [0.1, 0.15) is 6.61 Å². The Morgan fingerprint density at radius 2 is 1.78 bits per heavy atom. The molecule has 0 unspecified atom stereocenters. The number of benzene rings is 2. The molecule has 94 valence electrons. The Labute approximate surface area is 116 Å². The molecule has 0 aliphatic carbocycles. The van der Waals surface area contributed by atoms with Gasteiger partial charge in [0, 0.05) is 4.47 Å². The van der Waals surface area contributed by atoms with Crippen LogP contribution in [0.25, 0.3) is 0 Å². The molecule has 0 saturated heterocycles. The third-order valence-electron chi connectivity index (χ3n) is 2.68. The molecule has 0 aliphatic rings. The first kappa shape index (κ1) is 13.0. The number of methoxy groups -OCH3 is 1. The zero-order chi connectivity index (χ0) is 13.0. The van der Waals surface area contributed by atoms with E-state index in [0.717, 1.165) is 27.1 Å². The van der Waals surface area contributed by atoms with Crippen LogP contribution >= 0.6 is 15.9 Å². The van der Waals surface area contributed by atoms with E-state index < -0.39 is 0 Å². The largest absolute Gasteiger partial charge is 0.493 e. The second-order valence-electron chi connectivity index (χ2n) is 4.03. The molecule has 0 aliphatic heterocycles. The van der Waals surface area contributed by atoms with Crippen molar-refractivity contribution in [1.29, 1.82) is 0 Å². The third-order valence-corrected chi connectivity index (χ3v) is 3.54. The Hall–Kier alpha value is -1.48. The van der Waals surface area contributed by atoms with Crippen LogP contribution in [-0.2, 0) is 6.61 Å². The smallest absolute Gasteiger partial charge is 0.162 e. The number of aryl methyl sites for hydroxylation is 1. The molecule has 0 amide bonds. The first-order valence-electron chi connectivity index (χ1n) is 5.71. The molecule has 2 aromatic carbocycles. The lowest BCUT2D eigenvalue weighted by Crippen LogP contribution is -1.98. The molecule has 0 fully saturated rings. The molecule has 0 saturated carbocycles. The van der Waals surface area contributed by atoms with Crippen LogP contribution in [0.1, 0.15) is 11.1 Å². The van der Waals surface area contributed by atoms with Crippen LogP contribution in [0, 0.1) is 6.92 Å². The highest BCUT2D eigenvalue weighted by molar-refractivity contribution is 9.10. The zero-order valence-corrected chi connectivity index (χ0v) is 12.0. The Morgan fingerprint density at radius 1 is 1.06 bits per heavy atom. The number of hydrogen-bond donors (Lipinski definition) is 0. The molecular weight excluding hydrogens is 292 g/mol. The minimum atomic E-state index is 0.540. The molecule has 0 bridgehead atoms. The summed E-state index contributed by atoms with van der Waals surface area (Å²) in [6.45, 7) is 2.57. The standard InChI is InChI=1S/C15H15BrO2/c1-11-8-15(14(17-2)9-13(11)16)18-10-12-6-4-3-5-7-12/h3-9H,10H2,1-2H3. The molecule has 0 N–H and O–H groups in total. The van der Waals surface area contributed by atoms with Crippen molar-refractivity contribution in [2.75, 3.05) is 7.11 Å². The zero-order valence-electron chi connectivity index (χ0n) is 10.4. The van der Waals surface area contributed by atoms with Gasteiger partial charge in [-0.3, -0.25) is 0 Å². The predicted octanol–water partition coefficient (Wildman–Crippen LogP) is 4.35. The summed E-state index contributed by atoms with van der Waals surface area (Å²) in [6, 6.07) is 14.0. The SMILES string of the molecule is COc1cc(Br)c(C)cc1OCc1ccccc1. The van der Waals surface area contributed by atoms with Crippen molar-refractivity contribution in [3.8, 4) is 11.5 Å². The summed E-state index contributed by atoms with van der Waals surface area (Å²) < 4.78 is 12.1. The van der Waals surface area contributed by atoms with Gasteiger partial charge in [-0.05, 0) is 30.2 Å². The maximum Gasteiger partial charge on any atom is 0.162 e. The van der Waals surface area contributed by atoms with Crippen molar-refractivity contribution >= 4 is 15.9 Å². The molecule has 0 radical (unpaired) electrons. The molecule has 2 rings (SSSR count). The van der Waals surface area contributed by atoms with Gasteiger partial charge >= 0.3 is 0 Å². The minimum absolute atomic E-state index is 0.540. The molecule has 2 nitrogen and oxygen atoms in total. The Balaban J connectivity index is 2.16. The second kappa shape index (κ2) is 5.91. The van der Waals surface area contributed by atoms with Gasteiger partial charge in [-0.1, -0.05) is 46.3 Å². The number of ether oxygens (including phenoxy) is 2. The van der Waals surface area contributed by atoms with Crippen LogP contribution < -0.4 is 9.47 Å². The lowest BCUT2D eigenvalue weighted by atomic mass is 10.2. The van der Waals surface area contributed by atoms with E-state index in [2.05, 4.69) is 15.9 Å². The quantitative estimate of drug-likeness (QED) is 0.836. The predicted molar refractivity (Wildman–Crippen MR) is 76.2 cm³/mol. The van der Waals surface area contributed by atoms with Crippen molar-refractivity contribution in [3.05, 3.63) is 58.1 Å². The lowest BCUT2D eigenvalue weighted by Gasteiger charge is -2.12. The van der Waals surface area contributed by atoms with Crippen molar-refractivity contribution in [2.24, 2.45) is 0 Å². The van der Waals surface area contributed by atoms with E-state index in [1.165, 1.54) is 0 Å². The highest BCUT2D eigenvalue weighted by atomic mass is 79.9. The van der Waals surface area contributed by atoms with E-state index in [9.17, 15) is 0 Å². The summed E-state index contributed by atoms with van der Waals surface area (Å²) in [7, 11) is 1.65. The monoisotopic (exact) mass is 306 g/mol. The lowest BCUT2D eigenvalue weighted by molar-refractivity contribution is 0.284. The fourth-order valence-corrected chi connectivity index (χ4v) is 1.97. The van der Waals surface area contributed by atoms with Gasteiger partial charge in [-0.15, -0.1) is 0 Å². The maximum atomic E-state index is 5.80. The van der Waals surface area contributed by atoms with Crippen LogP contribution in [0.3, 0.4) is 0 Å².